The summed E-state index contributed by atoms with van der Waals surface area (Å²) in [7, 11) is 1.61. The van der Waals surface area contributed by atoms with Crippen molar-refractivity contribution in [1.82, 2.24) is 10.6 Å². The maximum Gasteiger partial charge on any atom is 0.315 e. The van der Waals surface area contributed by atoms with Gasteiger partial charge in [0.1, 0.15) is 11.9 Å². The van der Waals surface area contributed by atoms with Crippen LogP contribution in [0.4, 0.5) is 4.79 Å². The number of para-hydroxylation sites is 1. The number of nitrogens with one attached hydrogen (secondary N) is 2. The van der Waals surface area contributed by atoms with Gasteiger partial charge in [0.2, 0.25) is 0 Å². The van der Waals surface area contributed by atoms with E-state index in [2.05, 4.69) is 10.6 Å². The van der Waals surface area contributed by atoms with Crippen molar-refractivity contribution in [2.45, 2.75) is 25.5 Å². The standard InChI is InChI=1S/C17H22N2O3S/c1-3-13(12-7-4-5-8-15(12)22-2)19-17(21)18-11-14(20)16-9-6-10-23-16/h4-10,13-14,20H,3,11H2,1-2H3,(H2,18,19,21)/t13-,14-/m1/s1. The molecule has 6 heteroatoms. The van der Waals surface area contributed by atoms with Crippen molar-refractivity contribution in [3.05, 3.63) is 52.2 Å². The fraction of sp³-hybridized carbons (Fsp3) is 0.353. The van der Waals surface area contributed by atoms with Gasteiger partial charge < -0.3 is 20.5 Å². The van der Waals surface area contributed by atoms with Crippen LogP contribution >= 0.6 is 11.3 Å². The highest BCUT2D eigenvalue weighted by Gasteiger charge is 2.17. The highest BCUT2D eigenvalue weighted by molar-refractivity contribution is 7.10. The summed E-state index contributed by atoms with van der Waals surface area (Å²) in [5.41, 5.74) is 0.937. The molecule has 1 aromatic carbocycles. The van der Waals surface area contributed by atoms with Crippen molar-refractivity contribution in [3.63, 3.8) is 0 Å². The summed E-state index contributed by atoms with van der Waals surface area (Å²) in [5, 5.41) is 17.5. The number of carbonyl (C=O) groups is 1. The van der Waals surface area contributed by atoms with Gasteiger partial charge in [-0.05, 0) is 23.9 Å². The van der Waals surface area contributed by atoms with E-state index in [1.807, 2.05) is 48.7 Å². The van der Waals surface area contributed by atoms with Crippen LogP contribution in [0.3, 0.4) is 0 Å². The maximum atomic E-state index is 12.1. The van der Waals surface area contributed by atoms with Crippen LogP contribution in [0.1, 0.15) is 35.9 Å². The fourth-order valence-corrected chi connectivity index (χ4v) is 3.05. The Kier molecular flexibility index (Phi) is 6.43. The molecule has 3 N–H and O–H groups in total. The lowest BCUT2D eigenvalue weighted by atomic mass is 10.0. The van der Waals surface area contributed by atoms with Gasteiger partial charge in [-0.15, -0.1) is 11.3 Å². The van der Waals surface area contributed by atoms with Gasteiger partial charge >= 0.3 is 6.03 Å². The first kappa shape index (κ1) is 17.3. The number of amides is 2. The fourth-order valence-electron chi connectivity index (χ4n) is 2.33. The third kappa shape index (κ3) is 4.71. The van der Waals surface area contributed by atoms with Gasteiger partial charge in [0.05, 0.1) is 19.7 Å². The van der Waals surface area contributed by atoms with Crippen molar-refractivity contribution >= 4 is 17.4 Å². The molecule has 0 aliphatic rings. The first-order valence-electron chi connectivity index (χ1n) is 7.54. The molecule has 0 saturated carbocycles. The van der Waals surface area contributed by atoms with E-state index < -0.39 is 6.10 Å². The largest absolute Gasteiger partial charge is 0.496 e. The van der Waals surface area contributed by atoms with Crippen LogP contribution < -0.4 is 15.4 Å². The quantitative estimate of drug-likeness (QED) is 0.728. The highest BCUT2D eigenvalue weighted by Crippen LogP contribution is 2.26. The summed E-state index contributed by atoms with van der Waals surface area (Å²) < 4.78 is 5.35. The lowest BCUT2D eigenvalue weighted by molar-refractivity contribution is 0.175. The molecule has 1 heterocycles. The molecule has 0 unspecified atom stereocenters. The van der Waals surface area contributed by atoms with E-state index in [9.17, 15) is 9.90 Å². The van der Waals surface area contributed by atoms with E-state index in [-0.39, 0.29) is 18.6 Å². The smallest absolute Gasteiger partial charge is 0.315 e. The molecule has 23 heavy (non-hydrogen) atoms. The average molecular weight is 334 g/mol. The molecule has 2 rings (SSSR count). The second-order valence-corrected chi connectivity index (χ2v) is 6.07. The summed E-state index contributed by atoms with van der Waals surface area (Å²) in [6.45, 7) is 2.17. The van der Waals surface area contributed by atoms with Gasteiger partial charge in [-0.2, -0.15) is 0 Å². The summed E-state index contributed by atoms with van der Waals surface area (Å²) in [5.74, 6) is 0.748. The number of ether oxygens (including phenoxy) is 1. The zero-order valence-corrected chi connectivity index (χ0v) is 14.1. The number of hydrogen-bond donors (Lipinski definition) is 3. The number of carbonyl (C=O) groups excluding carboxylic acids is 1. The van der Waals surface area contributed by atoms with Crippen molar-refractivity contribution in [2.75, 3.05) is 13.7 Å². The van der Waals surface area contributed by atoms with Crippen LogP contribution in [-0.2, 0) is 0 Å². The summed E-state index contributed by atoms with van der Waals surface area (Å²) in [4.78, 5) is 12.9. The van der Waals surface area contributed by atoms with E-state index in [0.29, 0.717) is 0 Å². The molecule has 2 aromatic rings. The monoisotopic (exact) mass is 334 g/mol. The highest BCUT2D eigenvalue weighted by atomic mass is 32.1. The Balaban J connectivity index is 1.92. The molecule has 0 radical (unpaired) electrons. The number of aliphatic hydroxyl groups excluding tert-OH is 1. The lowest BCUT2D eigenvalue weighted by Crippen LogP contribution is -2.39. The topological polar surface area (TPSA) is 70.6 Å². The zero-order chi connectivity index (χ0) is 16.7. The van der Waals surface area contributed by atoms with Gasteiger partial charge in [-0.1, -0.05) is 31.2 Å². The number of aliphatic hydroxyl groups is 1. The first-order chi connectivity index (χ1) is 11.2. The molecule has 1 aromatic heterocycles. The predicted molar refractivity (Wildman–Crippen MR) is 91.8 cm³/mol. The van der Waals surface area contributed by atoms with Crippen LogP contribution in [0.5, 0.6) is 5.75 Å². The second-order valence-electron chi connectivity index (χ2n) is 5.09. The molecule has 0 fully saturated rings. The minimum absolute atomic E-state index is 0.148. The number of rotatable bonds is 7. The molecule has 124 valence electrons. The maximum absolute atomic E-state index is 12.1. The van der Waals surface area contributed by atoms with Gasteiger partial charge in [0.25, 0.3) is 0 Å². The molecule has 0 bridgehead atoms. The third-order valence-corrected chi connectivity index (χ3v) is 4.53. The van der Waals surface area contributed by atoms with Gasteiger partial charge in [-0.25, -0.2) is 4.79 Å². The van der Waals surface area contributed by atoms with E-state index in [0.717, 1.165) is 22.6 Å². The third-order valence-electron chi connectivity index (χ3n) is 3.56. The number of thiophene rings is 1. The molecule has 5 nitrogen and oxygen atoms in total. The summed E-state index contributed by atoms with van der Waals surface area (Å²) in [6, 6.07) is 10.9. The molecule has 0 aliphatic heterocycles. The van der Waals surface area contributed by atoms with Crippen LogP contribution in [0.25, 0.3) is 0 Å². The number of urea groups is 1. The van der Waals surface area contributed by atoms with E-state index >= 15 is 0 Å². The van der Waals surface area contributed by atoms with E-state index in [1.54, 1.807) is 7.11 Å². The van der Waals surface area contributed by atoms with Crippen LogP contribution in [0, 0.1) is 0 Å². The Morgan fingerprint density at radius 2 is 2.09 bits per heavy atom. The Labute approximate surface area is 140 Å². The van der Waals surface area contributed by atoms with Gasteiger partial charge in [-0.3, -0.25) is 0 Å². The van der Waals surface area contributed by atoms with Crippen molar-refractivity contribution in [1.29, 1.82) is 0 Å². The Hall–Kier alpha value is -2.05. The Bertz CT molecular complexity index is 616. The molecule has 2 amide bonds. The SMILES string of the molecule is CC[C@@H](NC(=O)NC[C@@H](O)c1cccs1)c1ccccc1OC. The summed E-state index contributed by atoms with van der Waals surface area (Å²) in [6.07, 6.45) is 0.0495. The normalized spacial score (nSPS) is 13.2. The number of benzene rings is 1. The van der Waals surface area contributed by atoms with Gasteiger partial charge in [0.15, 0.2) is 0 Å². The van der Waals surface area contributed by atoms with Crippen molar-refractivity contribution < 1.29 is 14.6 Å². The average Bonchev–Trinajstić information content (AvgIpc) is 3.12. The molecule has 0 aliphatic carbocycles. The minimum Gasteiger partial charge on any atom is -0.496 e. The van der Waals surface area contributed by atoms with Crippen molar-refractivity contribution in [3.8, 4) is 5.75 Å². The van der Waals surface area contributed by atoms with E-state index in [4.69, 9.17) is 4.74 Å². The molecule has 0 saturated heterocycles. The minimum atomic E-state index is -0.688. The molecule has 0 spiro atoms. The summed E-state index contributed by atoms with van der Waals surface area (Å²) >= 11 is 1.46. The Morgan fingerprint density at radius 1 is 1.30 bits per heavy atom. The molecular weight excluding hydrogens is 312 g/mol. The number of hydrogen-bond acceptors (Lipinski definition) is 4. The molecule has 2 atom stereocenters. The van der Waals surface area contributed by atoms with Gasteiger partial charge in [0, 0.05) is 10.4 Å². The Morgan fingerprint density at radius 3 is 2.74 bits per heavy atom. The van der Waals surface area contributed by atoms with E-state index in [1.165, 1.54) is 11.3 Å². The van der Waals surface area contributed by atoms with Crippen LogP contribution in [0.15, 0.2) is 41.8 Å². The first-order valence-corrected chi connectivity index (χ1v) is 8.42. The predicted octanol–water partition coefficient (Wildman–Crippen LogP) is 3.24. The van der Waals surface area contributed by atoms with Crippen molar-refractivity contribution in [2.24, 2.45) is 0 Å². The number of methoxy groups -OCH3 is 1. The zero-order valence-electron chi connectivity index (χ0n) is 13.3. The lowest BCUT2D eigenvalue weighted by Gasteiger charge is -2.20. The van der Waals surface area contributed by atoms with Crippen LogP contribution in [-0.4, -0.2) is 24.8 Å². The molecular formula is C17H22N2O3S. The second kappa shape index (κ2) is 8.55. The van der Waals surface area contributed by atoms with Crippen LogP contribution in [0.2, 0.25) is 0 Å².